The Balaban J connectivity index is 1.30. The summed E-state index contributed by atoms with van der Waals surface area (Å²) >= 11 is 1.41. The molecule has 3 aromatic heterocycles. The summed E-state index contributed by atoms with van der Waals surface area (Å²) in [6.07, 6.45) is 9.78. The van der Waals surface area contributed by atoms with Crippen molar-refractivity contribution < 1.29 is 13.6 Å². The first-order valence-corrected chi connectivity index (χ1v) is 12.3. The molecule has 170 valence electrons. The third kappa shape index (κ3) is 3.84. The Hall–Kier alpha value is -3.65. The highest BCUT2D eigenvalue weighted by molar-refractivity contribution is 8.00. The number of rotatable bonds is 5. The molecule has 0 spiro atoms. The first kappa shape index (κ1) is 20.9. The van der Waals surface area contributed by atoms with Crippen molar-refractivity contribution in [2.75, 3.05) is 5.75 Å². The number of carbonyl (C=O) groups excluding carboxylic acids is 1. The number of furan rings is 2. The molecule has 1 fully saturated rings. The quantitative estimate of drug-likeness (QED) is 0.273. The van der Waals surface area contributed by atoms with E-state index in [0.29, 0.717) is 0 Å². The van der Waals surface area contributed by atoms with Crippen molar-refractivity contribution in [1.29, 1.82) is 0 Å². The minimum atomic E-state index is -0.249. The topological polar surface area (TPSA) is 84.7 Å². The average molecular weight is 471 g/mol. The van der Waals surface area contributed by atoms with E-state index in [1.807, 2.05) is 54.6 Å². The lowest BCUT2D eigenvalue weighted by Gasteiger charge is -2.27. The van der Waals surface area contributed by atoms with Gasteiger partial charge in [0.1, 0.15) is 28.9 Å². The third-order valence-electron chi connectivity index (χ3n) is 6.29. The second-order valence-corrected chi connectivity index (χ2v) is 9.32. The van der Waals surface area contributed by atoms with Crippen LogP contribution in [0.1, 0.15) is 36.8 Å². The van der Waals surface area contributed by atoms with Crippen LogP contribution in [-0.4, -0.2) is 32.3 Å². The van der Waals surface area contributed by atoms with Crippen LogP contribution in [-0.2, 0) is 4.79 Å². The van der Waals surface area contributed by atoms with Gasteiger partial charge in [-0.2, -0.15) is 5.10 Å². The predicted molar refractivity (Wildman–Crippen MR) is 130 cm³/mol. The number of carbonyl (C=O) groups is 1. The molecule has 2 aliphatic rings. The molecular weight excluding hydrogens is 448 g/mol. The van der Waals surface area contributed by atoms with Gasteiger partial charge in [0.05, 0.1) is 29.5 Å². The van der Waals surface area contributed by atoms with E-state index in [9.17, 15) is 4.79 Å². The number of amides is 1. The van der Waals surface area contributed by atoms with Gasteiger partial charge in [-0.05, 0) is 61.2 Å². The lowest BCUT2D eigenvalue weighted by Crippen LogP contribution is -2.32. The Morgan fingerprint density at radius 3 is 2.82 bits per heavy atom. The van der Waals surface area contributed by atoms with E-state index in [1.165, 1.54) is 18.1 Å². The molecule has 0 bridgehead atoms. The van der Waals surface area contributed by atoms with Crippen LogP contribution in [0.15, 0.2) is 91.9 Å². The SMILES string of the molecule is O=C(CSc1ncnc2ccccc12)N1N=C2/C(=C\c3ccco3)CCCC2C1c1ccco1. The van der Waals surface area contributed by atoms with Crippen molar-refractivity contribution in [2.45, 2.75) is 30.3 Å². The summed E-state index contributed by atoms with van der Waals surface area (Å²) in [7, 11) is 0. The Bertz CT molecular complexity index is 1370. The highest BCUT2D eigenvalue weighted by atomic mass is 32.2. The van der Waals surface area contributed by atoms with Gasteiger partial charge >= 0.3 is 0 Å². The number of benzene rings is 1. The van der Waals surface area contributed by atoms with Gasteiger partial charge in [0.15, 0.2) is 0 Å². The Morgan fingerprint density at radius 1 is 1.09 bits per heavy atom. The Labute approximate surface area is 200 Å². The first-order valence-electron chi connectivity index (χ1n) is 11.3. The second kappa shape index (κ2) is 8.95. The molecule has 4 aromatic rings. The molecule has 0 radical (unpaired) electrons. The molecule has 0 N–H and O–H groups in total. The van der Waals surface area contributed by atoms with E-state index < -0.39 is 0 Å². The van der Waals surface area contributed by atoms with Gasteiger partial charge in [0.25, 0.3) is 5.91 Å². The number of aromatic nitrogens is 2. The fourth-order valence-corrected chi connectivity index (χ4v) is 5.62. The molecule has 4 heterocycles. The van der Waals surface area contributed by atoms with Gasteiger partial charge in [-0.15, -0.1) is 0 Å². The summed E-state index contributed by atoms with van der Waals surface area (Å²) in [6.45, 7) is 0. The number of hydrazone groups is 1. The number of hydrogen-bond acceptors (Lipinski definition) is 7. The maximum atomic E-state index is 13.5. The summed E-state index contributed by atoms with van der Waals surface area (Å²) in [6, 6.07) is 15.2. The minimum Gasteiger partial charge on any atom is -0.467 e. The van der Waals surface area contributed by atoms with E-state index in [1.54, 1.807) is 17.5 Å². The van der Waals surface area contributed by atoms with E-state index in [0.717, 1.165) is 58.0 Å². The van der Waals surface area contributed by atoms with Gasteiger partial charge in [-0.25, -0.2) is 15.0 Å². The van der Waals surface area contributed by atoms with Crippen molar-refractivity contribution in [3.8, 4) is 0 Å². The highest BCUT2D eigenvalue weighted by Crippen LogP contribution is 2.44. The van der Waals surface area contributed by atoms with E-state index >= 15 is 0 Å². The second-order valence-electron chi connectivity index (χ2n) is 8.35. The lowest BCUT2D eigenvalue weighted by atomic mass is 9.79. The number of para-hydroxylation sites is 1. The molecule has 6 rings (SSSR count). The molecule has 34 heavy (non-hydrogen) atoms. The van der Waals surface area contributed by atoms with Crippen molar-refractivity contribution in [1.82, 2.24) is 15.0 Å². The number of thioether (sulfide) groups is 1. The maximum Gasteiger partial charge on any atom is 0.253 e. The molecule has 1 amide bonds. The highest BCUT2D eigenvalue weighted by Gasteiger charge is 2.45. The normalized spacial score (nSPS) is 21.1. The van der Waals surface area contributed by atoms with Crippen molar-refractivity contribution in [2.24, 2.45) is 11.0 Å². The van der Waals surface area contributed by atoms with Gasteiger partial charge in [-0.3, -0.25) is 4.79 Å². The minimum absolute atomic E-state index is 0.0756. The summed E-state index contributed by atoms with van der Waals surface area (Å²) in [5.74, 6) is 1.79. The van der Waals surface area contributed by atoms with Crippen molar-refractivity contribution in [3.05, 3.63) is 84.5 Å². The lowest BCUT2D eigenvalue weighted by molar-refractivity contribution is -0.131. The molecule has 1 aromatic carbocycles. The zero-order valence-electron chi connectivity index (χ0n) is 18.3. The van der Waals surface area contributed by atoms with Gasteiger partial charge in [0.2, 0.25) is 0 Å². The monoisotopic (exact) mass is 470 g/mol. The third-order valence-corrected chi connectivity index (χ3v) is 7.28. The van der Waals surface area contributed by atoms with Gasteiger partial charge in [-0.1, -0.05) is 30.0 Å². The average Bonchev–Trinajstić information content (AvgIpc) is 3.63. The maximum absolute atomic E-state index is 13.5. The standard InChI is InChI=1S/C26H22N4O3S/c31-23(15-34-26-19-8-1-2-10-21(19)27-16-28-26)30-25(22-11-5-13-33-22)20-9-3-6-17(24(20)29-30)14-18-7-4-12-32-18/h1-2,4-5,7-8,10-14,16,20,25H,3,6,9,15H2/b17-14-. The molecule has 1 saturated carbocycles. The molecule has 7 nitrogen and oxygen atoms in total. The van der Waals surface area contributed by atoms with Crippen LogP contribution in [0.3, 0.4) is 0 Å². The number of nitrogens with zero attached hydrogens (tertiary/aromatic N) is 4. The molecule has 0 saturated heterocycles. The van der Waals surface area contributed by atoms with Crippen LogP contribution in [0.5, 0.6) is 0 Å². The fourth-order valence-electron chi connectivity index (χ4n) is 4.78. The summed E-state index contributed by atoms with van der Waals surface area (Å²) in [5, 5.41) is 8.22. The molecular formula is C26H22N4O3S. The predicted octanol–water partition coefficient (Wildman–Crippen LogP) is 5.73. The summed E-state index contributed by atoms with van der Waals surface area (Å²) in [5.41, 5.74) is 2.93. The Morgan fingerprint density at radius 2 is 1.97 bits per heavy atom. The smallest absolute Gasteiger partial charge is 0.253 e. The van der Waals surface area contributed by atoms with Crippen molar-refractivity contribution >= 4 is 40.4 Å². The molecule has 8 heteroatoms. The van der Waals surface area contributed by atoms with Gasteiger partial charge in [0, 0.05) is 11.3 Å². The van der Waals surface area contributed by atoms with Crippen LogP contribution < -0.4 is 0 Å². The van der Waals surface area contributed by atoms with E-state index in [2.05, 4.69) is 9.97 Å². The zero-order chi connectivity index (χ0) is 22.9. The zero-order valence-corrected chi connectivity index (χ0v) is 19.1. The summed E-state index contributed by atoms with van der Waals surface area (Å²) < 4.78 is 11.3. The van der Waals surface area contributed by atoms with E-state index in [4.69, 9.17) is 13.9 Å². The van der Waals surface area contributed by atoms with Gasteiger partial charge < -0.3 is 8.83 Å². The summed E-state index contributed by atoms with van der Waals surface area (Å²) in [4.78, 5) is 22.2. The van der Waals surface area contributed by atoms with Crippen LogP contribution in [0, 0.1) is 5.92 Å². The largest absolute Gasteiger partial charge is 0.467 e. The molecule has 1 aliphatic carbocycles. The van der Waals surface area contributed by atoms with E-state index in [-0.39, 0.29) is 23.6 Å². The number of hydrogen-bond donors (Lipinski definition) is 0. The first-order chi connectivity index (χ1) is 16.8. The van der Waals surface area contributed by atoms with Crippen molar-refractivity contribution in [3.63, 3.8) is 0 Å². The molecule has 2 unspecified atom stereocenters. The van der Waals surface area contributed by atoms with Crippen LogP contribution in [0.25, 0.3) is 17.0 Å². The number of allylic oxidation sites excluding steroid dienone is 1. The van der Waals surface area contributed by atoms with Crippen LogP contribution in [0.4, 0.5) is 0 Å². The Kier molecular flexibility index (Phi) is 5.50. The number of fused-ring (bicyclic) bond motifs is 2. The van der Waals surface area contributed by atoms with Crippen LogP contribution >= 0.6 is 11.8 Å². The fraction of sp³-hybridized carbons (Fsp3) is 0.231. The molecule has 2 atom stereocenters. The molecule has 1 aliphatic heterocycles. The van der Waals surface area contributed by atoms with Crippen LogP contribution in [0.2, 0.25) is 0 Å².